The lowest BCUT2D eigenvalue weighted by atomic mass is 10.1. The summed E-state index contributed by atoms with van der Waals surface area (Å²) in [5.41, 5.74) is 1.65. The second-order valence-electron chi connectivity index (χ2n) is 7.46. The first-order valence-electron chi connectivity index (χ1n) is 9.37. The average molecular weight is 406 g/mol. The molecule has 150 valence electrons. The van der Waals surface area contributed by atoms with Crippen LogP contribution >= 0.6 is 0 Å². The van der Waals surface area contributed by atoms with E-state index in [1.807, 2.05) is 4.90 Å². The number of sulfonamides is 1. The van der Waals surface area contributed by atoms with Gasteiger partial charge in [-0.25, -0.2) is 17.8 Å². The Hall–Kier alpha value is -2.10. The molecule has 0 radical (unpaired) electrons. The number of nitrogens with zero attached hydrogens (tertiary/aromatic N) is 3. The smallest absolute Gasteiger partial charge is 0.255 e. The Morgan fingerprint density at radius 2 is 2.07 bits per heavy atom. The fourth-order valence-corrected chi connectivity index (χ4v) is 5.20. The van der Waals surface area contributed by atoms with Crippen LogP contribution < -0.4 is 5.56 Å². The van der Waals surface area contributed by atoms with E-state index in [2.05, 4.69) is 9.97 Å². The molecule has 2 aromatic rings. The maximum absolute atomic E-state index is 13.9. The van der Waals surface area contributed by atoms with E-state index in [0.717, 1.165) is 6.42 Å². The predicted molar refractivity (Wildman–Crippen MR) is 103 cm³/mol. The predicted octanol–water partition coefficient (Wildman–Crippen LogP) is 1.56. The van der Waals surface area contributed by atoms with E-state index in [0.29, 0.717) is 61.7 Å². The standard InChI is InChI=1S/C19H23FN4O3S/c1-28(26,27)24-9-4-7-17(24)18-21-16-8-10-23(12-14(16)19(25)22-18)11-13-5-2-3-6-15(13)20/h2-3,5-6,17H,4,7-12H2,1H3,(H,21,22,25)/t17-/m0/s1. The van der Waals surface area contributed by atoms with Gasteiger partial charge in [0.1, 0.15) is 11.6 Å². The first kappa shape index (κ1) is 19.2. The van der Waals surface area contributed by atoms with Crippen LogP contribution in [0.25, 0.3) is 0 Å². The number of fused-ring (bicyclic) bond motifs is 1. The summed E-state index contributed by atoms with van der Waals surface area (Å²) in [6.45, 7) is 1.93. The van der Waals surface area contributed by atoms with E-state index >= 15 is 0 Å². The summed E-state index contributed by atoms with van der Waals surface area (Å²) in [7, 11) is -3.35. The number of benzene rings is 1. The molecule has 2 aliphatic heterocycles. The largest absolute Gasteiger partial charge is 0.309 e. The van der Waals surface area contributed by atoms with Crippen LogP contribution in [-0.2, 0) is 29.5 Å². The number of rotatable bonds is 4. The highest BCUT2D eigenvalue weighted by molar-refractivity contribution is 7.88. The fourth-order valence-electron chi connectivity index (χ4n) is 4.07. The van der Waals surface area contributed by atoms with Crippen molar-refractivity contribution < 1.29 is 12.8 Å². The van der Waals surface area contributed by atoms with Gasteiger partial charge in [-0.3, -0.25) is 9.69 Å². The molecule has 0 spiro atoms. The number of hydrogen-bond acceptors (Lipinski definition) is 5. The molecule has 0 aliphatic carbocycles. The molecular weight excluding hydrogens is 383 g/mol. The SMILES string of the molecule is CS(=O)(=O)N1CCC[C@H]1c1nc2c(c(=O)[nH]1)CN(Cc1ccccc1F)CC2. The maximum Gasteiger partial charge on any atom is 0.255 e. The van der Waals surface area contributed by atoms with Crippen LogP contribution in [-0.4, -0.2) is 46.9 Å². The van der Waals surface area contributed by atoms with Gasteiger partial charge in [0.25, 0.3) is 5.56 Å². The Labute approximate surface area is 163 Å². The molecule has 1 fully saturated rings. The summed E-state index contributed by atoms with van der Waals surface area (Å²) in [5.74, 6) is 0.173. The summed E-state index contributed by atoms with van der Waals surface area (Å²) in [6.07, 6.45) is 3.15. The van der Waals surface area contributed by atoms with Crippen molar-refractivity contribution in [3.8, 4) is 0 Å². The Morgan fingerprint density at radius 3 is 2.82 bits per heavy atom. The van der Waals surface area contributed by atoms with Gasteiger partial charge in [0.05, 0.1) is 23.6 Å². The lowest BCUT2D eigenvalue weighted by Gasteiger charge is -2.29. The highest BCUT2D eigenvalue weighted by atomic mass is 32.2. The molecule has 1 aromatic heterocycles. The van der Waals surface area contributed by atoms with Crippen LogP contribution in [0.3, 0.4) is 0 Å². The molecule has 1 saturated heterocycles. The zero-order valence-electron chi connectivity index (χ0n) is 15.7. The molecule has 4 rings (SSSR count). The van der Waals surface area contributed by atoms with Gasteiger partial charge in [-0.2, -0.15) is 4.31 Å². The molecule has 1 N–H and O–H groups in total. The second kappa shape index (κ2) is 7.38. The quantitative estimate of drug-likeness (QED) is 0.833. The fraction of sp³-hybridized carbons (Fsp3) is 0.474. The number of aromatic amines is 1. The molecule has 0 bridgehead atoms. The van der Waals surface area contributed by atoms with Crippen LogP contribution in [0.4, 0.5) is 4.39 Å². The molecule has 0 amide bonds. The summed E-state index contributed by atoms with van der Waals surface area (Å²) in [5, 5.41) is 0. The van der Waals surface area contributed by atoms with Crippen LogP contribution in [0.2, 0.25) is 0 Å². The molecule has 7 nitrogen and oxygen atoms in total. The monoisotopic (exact) mass is 406 g/mol. The number of nitrogens with one attached hydrogen (secondary N) is 1. The molecule has 1 aromatic carbocycles. The third-order valence-electron chi connectivity index (χ3n) is 5.46. The molecule has 3 heterocycles. The number of aromatic nitrogens is 2. The topological polar surface area (TPSA) is 86.4 Å². The van der Waals surface area contributed by atoms with Gasteiger partial charge in [-0.05, 0) is 18.9 Å². The van der Waals surface area contributed by atoms with E-state index in [-0.39, 0.29) is 11.4 Å². The van der Waals surface area contributed by atoms with Crippen LogP contribution in [0.1, 0.15) is 41.5 Å². The Bertz CT molecular complexity index is 1050. The molecule has 9 heteroatoms. The zero-order valence-corrected chi connectivity index (χ0v) is 16.5. The minimum atomic E-state index is -3.35. The summed E-state index contributed by atoms with van der Waals surface area (Å²) < 4.78 is 39.3. The molecule has 1 atom stereocenters. The summed E-state index contributed by atoms with van der Waals surface area (Å²) in [6, 6.07) is 6.22. The van der Waals surface area contributed by atoms with Gasteiger partial charge >= 0.3 is 0 Å². The van der Waals surface area contributed by atoms with Gasteiger partial charge in [0.15, 0.2) is 0 Å². The maximum atomic E-state index is 13.9. The van der Waals surface area contributed by atoms with Gasteiger partial charge in [0, 0.05) is 38.2 Å². The van der Waals surface area contributed by atoms with E-state index in [1.165, 1.54) is 16.6 Å². The van der Waals surface area contributed by atoms with Crippen molar-refractivity contribution in [1.82, 2.24) is 19.2 Å². The molecule has 28 heavy (non-hydrogen) atoms. The Kier molecular flexibility index (Phi) is 5.07. The first-order chi connectivity index (χ1) is 13.3. The molecule has 0 unspecified atom stereocenters. The van der Waals surface area contributed by atoms with E-state index in [1.54, 1.807) is 18.2 Å². The molecular formula is C19H23FN4O3S. The van der Waals surface area contributed by atoms with Gasteiger partial charge in [0.2, 0.25) is 10.0 Å². The Balaban J connectivity index is 1.58. The lowest BCUT2D eigenvalue weighted by molar-refractivity contribution is 0.237. The second-order valence-corrected chi connectivity index (χ2v) is 9.40. The van der Waals surface area contributed by atoms with Crippen molar-refractivity contribution in [3.63, 3.8) is 0 Å². The minimum absolute atomic E-state index is 0.237. The zero-order chi connectivity index (χ0) is 19.9. The first-order valence-corrected chi connectivity index (χ1v) is 11.2. The third-order valence-corrected chi connectivity index (χ3v) is 6.75. The molecule has 2 aliphatic rings. The van der Waals surface area contributed by atoms with Crippen molar-refractivity contribution in [2.45, 2.75) is 38.4 Å². The van der Waals surface area contributed by atoms with Crippen LogP contribution in [0.5, 0.6) is 0 Å². The van der Waals surface area contributed by atoms with Crippen LogP contribution in [0.15, 0.2) is 29.1 Å². The summed E-state index contributed by atoms with van der Waals surface area (Å²) in [4.78, 5) is 22.1. The third kappa shape index (κ3) is 3.74. The van der Waals surface area contributed by atoms with E-state index in [4.69, 9.17) is 0 Å². The van der Waals surface area contributed by atoms with E-state index in [9.17, 15) is 17.6 Å². The molecule has 0 saturated carbocycles. The normalized spacial score (nSPS) is 21.0. The average Bonchev–Trinajstić information content (AvgIpc) is 3.14. The van der Waals surface area contributed by atoms with Crippen molar-refractivity contribution in [2.24, 2.45) is 0 Å². The highest BCUT2D eigenvalue weighted by Crippen LogP contribution is 2.32. The van der Waals surface area contributed by atoms with Gasteiger partial charge in [-0.1, -0.05) is 18.2 Å². The van der Waals surface area contributed by atoms with Gasteiger partial charge < -0.3 is 4.98 Å². The summed E-state index contributed by atoms with van der Waals surface area (Å²) >= 11 is 0. The number of H-pyrrole nitrogens is 1. The van der Waals surface area contributed by atoms with Crippen molar-refractivity contribution in [2.75, 3.05) is 19.3 Å². The van der Waals surface area contributed by atoms with E-state index < -0.39 is 16.1 Å². The van der Waals surface area contributed by atoms with Crippen molar-refractivity contribution in [1.29, 1.82) is 0 Å². The van der Waals surface area contributed by atoms with Gasteiger partial charge in [-0.15, -0.1) is 0 Å². The van der Waals surface area contributed by atoms with Crippen molar-refractivity contribution >= 4 is 10.0 Å². The lowest BCUT2D eigenvalue weighted by Crippen LogP contribution is -2.37. The highest BCUT2D eigenvalue weighted by Gasteiger charge is 2.35. The van der Waals surface area contributed by atoms with Crippen molar-refractivity contribution in [3.05, 3.63) is 63.1 Å². The van der Waals surface area contributed by atoms with Crippen LogP contribution in [0, 0.1) is 5.82 Å². The Morgan fingerprint density at radius 1 is 1.29 bits per heavy atom. The number of halogens is 1. The minimum Gasteiger partial charge on any atom is -0.309 e. The number of hydrogen-bond donors (Lipinski definition) is 1.